The van der Waals surface area contributed by atoms with Crippen LogP contribution < -0.4 is 0 Å². The average Bonchev–Trinajstić information content (AvgIpc) is 2.86. The van der Waals surface area contributed by atoms with Crippen molar-refractivity contribution < 1.29 is 27.8 Å². The van der Waals surface area contributed by atoms with Crippen LogP contribution in [0.1, 0.15) is 12.0 Å². The average molecular weight is 327 g/mol. The van der Waals surface area contributed by atoms with E-state index < -0.39 is 35.9 Å². The minimum absolute atomic E-state index is 0.0590. The van der Waals surface area contributed by atoms with Crippen LogP contribution in [0.2, 0.25) is 0 Å². The molecule has 0 bridgehead atoms. The molecular weight excluding hydrogens is 312 g/mol. The van der Waals surface area contributed by atoms with Crippen LogP contribution in [0.5, 0.6) is 0 Å². The number of esters is 1. The third-order valence-corrected chi connectivity index (χ3v) is 3.37. The highest BCUT2D eigenvalue weighted by Gasteiger charge is 2.38. The number of methoxy groups -OCH3 is 1. The van der Waals surface area contributed by atoms with E-state index in [9.17, 15) is 13.6 Å². The van der Waals surface area contributed by atoms with Gasteiger partial charge in [0.2, 0.25) is 0 Å². The number of hydrogen-bond donors (Lipinski definition) is 0. The number of rotatable bonds is 7. The van der Waals surface area contributed by atoms with Gasteiger partial charge in [0, 0.05) is 24.5 Å². The Morgan fingerprint density at radius 3 is 2.70 bits per heavy atom. The van der Waals surface area contributed by atoms with E-state index in [-0.39, 0.29) is 19.6 Å². The van der Waals surface area contributed by atoms with Crippen LogP contribution >= 0.6 is 0 Å². The Morgan fingerprint density at radius 2 is 2.13 bits per heavy atom. The molecule has 1 aliphatic heterocycles. The molecule has 124 valence electrons. The van der Waals surface area contributed by atoms with Gasteiger partial charge >= 0.3 is 5.97 Å². The molecule has 1 heterocycles. The molecule has 1 aromatic carbocycles. The summed E-state index contributed by atoms with van der Waals surface area (Å²) in [5.74, 6) is -1.94. The van der Waals surface area contributed by atoms with Crippen LogP contribution in [0.3, 0.4) is 0 Å². The van der Waals surface area contributed by atoms with Gasteiger partial charge < -0.3 is 14.2 Å². The molecule has 0 unspecified atom stereocenters. The van der Waals surface area contributed by atoms with Gasteiger partial charge in [-0.05, 0) is 23.2 Å². The zero-order valence-corrected chi connectivity index (χ0v) is 12.3. The zero-order valence-electron chi connectivity index (χ0n) is 12.3. The molecule has 2 rings (SSSR count). The van der Waals surface area contributed by atoms with Crippen molar-refractivity contribution in [1.82, 2.24) is 0 Å². The Morgan fingerprint density at radius 1 is 1.43 bits per heavy atom. The lowest BCUT2D eigenvalue weighted by atomic mass is 10.1. The minimum Gasteiger partial charge on any atom is -0.460 e. The first-order valence-corrected chi connectivity index (χ1v) is 6.83. The van der Waals surface area contributed by atoms with Crippen molar-refractivity contribution in [2.45, 2.75) is 31.3 Å². The Labute approximate surface area is 130 Å². The summed E-state index contributed by atoms with van der Waals surface area (Å²) >= 11 is 0. The lowest BCUT2D eigenvalue weighted by Crippen LogP contribution is -2.28. The number of hydrogen-bond acceptors (Lipinski definition) is 5. The highest BCUT2D eigenvalue weighted by atomic mass is 19.1. The third-order valence-electron chi connectivity index (χ3n) is 3.37. The Kier molecular flexibility index (Phi) is 5.86. The summed E-state index contributed by atoms with van der Waals surface area (Å²) in [6, 6.07) is 2.29. The van der Waals surface area contributed by atoms with Crippen LogP contribution in [0, 0.1) is 11.6 Å². The highest BCUT2D eigenvalue weighted by molar-refractivity contribution is 5.77. The largest absolute Gasteiger partial charge is 0.460 e. The van der Waals surface area contributed by atoms with Crippen molar-refractivity contribution in [3.05, 3.63) is 45.8 Å². The topological polar surface area (TPSA) is 93.5 Å². The number of nitrogens with zero attached hydrogens (tertiary/aromatic N) is 3. The second kappa shape index (κ2) is 7.87. The van der Waals surface area contributed by atoms with Gasteiger partial charge in [-0.2, -0.15) is 0 Å². The first-order valence-electron chi connectivity index (χ1n) is 6.83. The van der Waals surface area contributed by atoms with E-state index in [2.05, 4.69) is 10.0 Å². The molecule has 1 aliphatic rings. The zero-order chi connectivity index (χ0) is 16.8. The van der Waals surface area contributed by atoms with E-state index in [1.165, 1.54) is 7.11 Å². The van der Waals surface area contributed by atoms with Gasteiger partial charge in [-0.3, -0.25) is 0 Å². The van der Waals surface area contributed by atoms with Gasteiger partial charge in [-0.15, -0.1) is 0 Å². The van der Waals surface area contributed by atoms with Gasteiger partial charge in [-0.25, -0.2) is 13.6 Å². The van der Waals surface area contributed by atoms with Gasteiger partial charge in [-0.1, -0.05) is 5.11 Å². The molecule has 1 aromatic rings. The lowest BCUT2D eigenvalue weighted by molar-refractivity contribution is -0.149. The van der Waals surface area contributed by atoms with E-state index >= 15 is 0 Å². The van der Waals surface area contributed by atoms with E-state index in [0.717, 1.165) is 18.2 Å². The molecule has 0 radical (unpaired) electrons. The van der Waals surface area contributed by atoms with E-state index in [1.54, 1.807) is 0 Å². The molecule has 9 heteroatoms. The van der Waals surface area contributed by atoms with E-state index in [0.29, 0.717) is 5.56 Å². The summed E-state index contributed by atoms with van der Waals surface area (Å²) in [6.07, 6.45) is -1.11. The normalized spacial score (nSPS) is 21.6. The molecule has 0 aromatic heterocycles. The van der Waals surface area contributed by atoms with E-state index in [4.69, 9.17) is 19.7 Å². The molecule has 0 amide bonds. The Hall–Kier alpha value is -2.22. The van der Waals surface area contributed by atoms with Crippen molar-refractivity contribution in [1.29, 1.82) is 0 Å². The molecule has 0 aliphatic carbocycles. The molecular formula is C14H15F2N3O4. The van der Waals surface area contributed by atoms with Crippen LogP contribution in [-0.4, -0.2) is 37.9 Å². The summed E-state index contributed by atoms with van der Waals surface area (Å²) in [5.41, 5.74) is 8.91. The van der Waals surface area contributed by atoms with Crippen molar-refractivity contribution in [2.24, 2.45) is 5.11 Å². The number of ether oxygens (including phenoxy) is 3. The quantitative estimate of drug-likeness (QED) is 0.333. The number of halogens is 2. The highest BCUT2D eigenvalue weighted by Crippen LogP contribution is 2.22. The standard InChI is InChI=1S/C14H15F2N3O4/c1-21-13-5-12(23-14(13)20)11(18-19-17)7-22-6-8-2-9(15)4-10(16)3-8/h2-4,11-13H,5-7H2,1H3/t11-,12-,13+/m0/s1. The summed E-state index contributed by atoms with van der Waals surface area (Å²) in [6.45, 7) is -0.128. The van der Waals surface area contributed by atoms with Crippen molar-refractivity contribution in [3.63, 3.8) is 0 Å². The van der Waals surface area contributed by atoms with Crippen LogP contribution in [-0.2, 0) is 25.6 Å². The Bertz CT molecular complexity index is 602. The predicted octanol–water partition coefficient (Wildman–Crippen LogP) is 2.49. The second-order valence-electron chi connectivity index (χ2n) is 5.00. The lowest BCUT2D eigenvalue weighted by Gasteiger charge is -2.17. The number of azide groups is 1. The summed E-state index contributed by atoms with van der Waals surface area (Å²) in [7, 11) is 1.38. The van der Waals surface area contributed by atoms with Gasteiger partial charge in [0.25, 0.3) is 0 Å². The molecule has 3 atom stereocenters. The summed E-state index contributed by atoms with van der Waals surface area (Å²) in [5, 5.41) is 3.55. The number of carbonyl (C=O) groups is 1. The summed E-state index contributed by atoms with van der Waals surface area (Å²) < 4.78 is 41.5. The SMILES string of the molecule is CO[C@@H]1C[C@@H]([C@H](COCc2cc(F)cc(F)c2)N=[N+]=[N-])OC1=O. The fraction of sp³-hybridized carbons (Fsp3) is 0.500. The molecule has 1 fully saturated rings. The predicted molar refractivity (Wildman–Crippen MR) is 74.2 cm³/mol. The maximum atomic E-state index is 13.1. The van der Waals surface area contributed by atoms with Gasteiger partial charge in [0.05, 0.1) is 19.3 Å². The van der Waals surface area contributed by atoms with Crippen LogP contribution in [0.25, 0.3) is 10.4 Å². The molecule has 0 spiro atoms. The minimum atomic E-state index is -0.748. The monoisotopic (exact) mass is 327 g/mol. The fourth-order valence-electron chi connectivity index (χ4n) is 2.28. The molecule has 7 nitrogen and oxygen atoms in total. The number of carbonyl (C=O) groups excluding carboxylic acids is 1. The molecule has 0 N–H and O–H groups in total. The van der Waals surface area contributed by atoms with Crippen molar-refractivity contribution in [2.75, 3.05) is 13.7 Å². The third kappa shape index (κ3) is 4.62. The van der Waals surface area contributed by atoms with Gasteiger partial charge in [0.1, 0.15) is 17.7 Å². The Balaban J connectivity index is 1.93. The number of benzene rings is 1. The maximum absolute atomic E-state index is 13.1. The van der Waals surface area contributed by atoms with E-state index in [1.807, 2.05) is 0 Å². The first kappa shape index (κ1) is 17.1. The van der Waals surface area contributed by atoms with Crippen LogP contribution in [0.15, 0.2) is 23.3 Å². The molecule has 23 heavy (non-hydrogen) atoms. The maximum Gasteiger partial charge on any atom is 0.335 e. The first-order chi connectivity index (χ1) is 11.0. The smallest absolute Gasteiger partial charge is 0.335 e. The van der Waals surface area contributed by atoms with Crippen LogP contribution in [0.4, 0.5) is 8.78 Å². The second-order valence-corrected chi connectivity index (χ2v) is 5.00. The molecule has 1 saturated heterocycles. The van der Waals surface area contributed by atoms with Gasteiger partial charge in [0.15, 0.2) is 6.10 Å². The molecule has 0 saturated carbocycles. The van der Waals surface area contributed by atoms with Crippen molar-refractivity contribution >= 4 is 5.97 Å². The van der Waals surface area contributed by atoms with Crippen molar-refractivity contribution in [3.8, 4) is 0 Å². The summed E-state index contributed by atoms with van der Waals surface area (Å²) in [4.78, 5) is 14.2. The number of cyclic esters (lactones) is 1. The fourth-order valence-corrected chi connectivity index (χ4v) is 2.28.